The van der Waals surface area contributed by atoms with Gasteiger partial charge < -0.3 is 10.4 Å². The molecule has 0 atom stereocenters. The van der Waals surface area contributed by atoms with Crippen molar-refractivity contribution in [3.05, 3.63) is 24.5 Å². The molecule has 0 spiro atoms. The van der Waals surface area contributed by atoms with Crippen molar-refractivity contribution in [1.29, 1.82) is 0 Å². The van der Waals surface area contributed by atoms with Crippen molar-refractivity contribution < 1.29 is 5.11 Å². The Morgan fingerprint density at radius 3 is 2.75 bits per heavy atom. The highest BCUT2D eigenvalue weighted by molar-refractivity contribution is 5.45. The lowest BCUT2D eigenvalue weighted by Crippen LogP contribution is -2.42. The second-order valence-electron chi connectivity index (χ2n) is 6.69. The number of anilines is 1. The number of fused-ring (bicyclic) bond motifs is 1. The second-order valence-corrected chi connectivity index (χ2v) is 6.69. The summed E-state index contributed by atoms with van der Waals surface area (Å²) in [6.45, 7) is 5.10. The predicted octanol–water partition coefficient (Wildman–Crippen LogP) is 2.47. The van der Waals surface area contributed by atoms with E-state index in [1.54, 1.807) is 10.7 Å². The van der Waals surface area contributed by atoms with E-state index in [1.165, 1.54) is 0 Å². The number of aliphatic hydroxyl groups is 1. The molecule has 1 saturated carbocycles. The Kier molecular flexibility index (Phi) is 3.17. The summed E-state index contributed by atoms with van der Waals surface area (Å²) < 4.78 is 1.73. The van der Waals surface area contributed by atoms with E-state index in [-0.39, 0.29) is 0 Å². The molecule has 0 amide bonds. The summed E-state index contributed by atoms with van der Waals surface area (Å²) in [5.41, 5.74) is 0.566. The first-order valence-electron chi connectivity index (χ1n) is 7.23. The van der Waals surface area contributed by atoms with Crippen LogP contribution in [0.3, 0.4) is 0 Å². The third-order valence-corrected chi connectivity index (χ3v) is 4.39. The van der Waals surface area contributed by atoms with Crippen molar-refractivity contribution in [3.63, 3.8) is 0 Å². The van der Waals surface area contributed by atoms with Crippen LogP contribution in [0.5, 0.6) is 0 Å². The van der Waals surface area contributed by atoms with Gasteiger partial charge in [-0.05, 0) is 37.2 Å². The highest BCUT2D eigenvalue weighted by atomic mass is 16.3. The van der Waals surface area contributed by atoms with Crippen LogP contribution in [-0.2, 0) is 0 Å². The van der Waals surface area contributed by atoms with Crippen LogP contribution in [0.4, 0.5) is 5.82 Å². The van der Waals surface area contributed by atoms with E-state index in [9.17, 15) is 5.11 Å². The van der Waals surface area contributed by atoms with Gasteiger partial charge in [-0.3, -0.25) is 0 Å². The Morgan fingerprint density at radius 1 is 1.25 bits per heavy atom. The molecular formula is C15H22N4O. The highest BCUT2D eigenvalue weighted by Crippen LogP contribution is 2.40. The quantitative estimate of drug-likeness (QED) is 0.902. The normalized spacial score (nSPS) is 20.9. The lowest BCUT2D eigenvalue weighted by Gasteiger charge is -2.40. The smallest absolute Gasteiger partial charge is 0.157 e. The van der Waals surface area contributed by atoms with Crippen molar-refractivity contribution in [3.8, 4) is 0 Å². The summed E-state index contributed by atoms with van der Waals surface area (Å²) in [5.74, 6) is 0.788. The van der Waals surface area contributed by atoms with Crippen LogP contribution in [0, 0.1) is 5.41 Å². The Bertz CT molecular complexity index is 595. The molecule has 0 unspecified atom stereocenters. The number of hydrogen-bond donors (Lipinski definition) is 2. The zero-order chi connectivity index (χ0) is 14.2. The SMILES string of the molecule is CC1(C)CCC(O)(CNc2ccn3nccc3n2)CC1. The molecule has 0 aromatic carbocycles. The Hall–Kier alpha value is -1.62. The summed E-state index contributed by atoms with van der Waals surface area (Å²) in [6, 6.07) is 3.75. The maximum atomic E-state index is 10.6. The standard InChI is InChI=1S/C15H22N4O/c1-14(2)5-7-15(20,8-6-14)11-16-12-4-10-19-13(18-12)3-9-17-19/h3-4,9-10,20H,5-8,11H2,1-2H3,(H,16,18). The van der Waals surface area contributed by atoms with E-state index in [4.69, 9.17) is 0 Å². The van der Waals surface area contributed by atoms with Gasteiger partial charge in [0.2, 0.25) is 0 Å². The van der Waals surface area contributed by atoms with Crippen molar-refractivity contribution in [2.45, 2.75) is 45.1 Å². The van der Waals surface area contributed by atoms with E-state index in [1.807, 2.05) is 18.3 Å². The lowest BCUT2D eigenvalue weighted by molar-refractivity contribution is -0.0145. The van der Waals surface area contributed by atoms with Crippen LogP contribution < -0.4 is 5.32 Å². The van der Waals surface area contributed by atoms with E-state index < -0.39 is 5.60 Å². The maximum absolute atomic E-state index is 10.6. The fourth-order valence-electron chi connectivity index (χ4n) is 2.74. The second kappa shape index (κ2) is 4.74. The molecule has 2 aromatic rings. The van der Waals surface area contributed by atoms with E-state index in [0.29, 0.717) is 12.0 Å². The topological polar surface area (TPSA) is 62.5 Å². The van der Waals surface area contributed by atoms with Crippen LogP contribution >= 0.6 is 0 Å². The summed E-state index contributed by atoms with van der Waals surface area (Å²) in [4.78, 5) is 4.46. The predicted molar refractivity (Wildman–Crippen MR) is 78.7 cm³/mol. The third kappa shape index (κ3) is 2.77. The van der Waals surface area contributed by atoms with Crippen molar-refractivity contribution in [1.82, 2.24) is 14.6 Å². The fourth-order valence-corrected chi connectivity index (χ4v) is 2.74. The van der Waals surface area contributed by atoms with Gasteiger partial charge in [-0.25, -0.2) is 9.50 Å². The molecule has 0 saturated heterocycles. The van der Waals surface area contributed by atoms with Crippen molar-refractivity contribution in [2.75, 3.05) is 11.9 Å². The maximum Gasteiger partial charge on any atom is 0.157 e. The lowest BCUT2D eigenvalue weighted by atomic mass is 9.71. The minimum Gasteiger partial charge on any atom is -0.388 e. The molecule has 2 N–H and O–H groups in total. The molecular weight excluding hydrogens is 252 g/mol. The molecule has 5 heteroatoms. The highest BCUT2D eigenvalue weighted by Gasteiger charge is 2.36. The van der Waals surface area contributed by atoms with Gasteiger partial charge in [0.25, 0.3) is 0 Å². The van der Waals surface area contributed by atoms with E-state index in [2.05, 4.69) is 29.2 Å². The van der Waals surface area contributed by atoms with E-state index in [0.717, 1.165) is 37.1 Å². The monoisotopic (exact) mass is 274 g/mol. The van der Waals surface area contributed by atoms with Crippen LogP contribution in [-0.4, -0.2) is 31.9 Å². The summed E-state index contributed by atoms with van der Waals surface area (Å²) in [7, 11) is 0. The Morgan fingerprint density at radius 2 is 2.00 bits per heavy atom. The van der Waals surface area contributed by atoms with Crippen LogP contribution in [0.15, 0.2) is 24.5 Å². The zero-order valence-electron chi connectivity index (χ0n) is 12.1. The first kappa shape index (κ1) is 13.4. The molecule has 2 heterocycles. The van der Waals surface area contributed by atoms with Gasteiger partial charge in [0.05, 0.1) is 11.8 Å². The van der Waals surface area contributed by atoms with Gasteiger partial charge in [0.1, 0.15) is 5.82 Å². The average Bonchev–Trinajstić information content (AvgIpc) is 2.88. The molecule has 2 aromatic heterocycles. The molecule has 0 radical (unpaired) electrons. The first-order valence-corrected chi connectivity index (χ1v) is 7.23. The van der Waals surface area contributed by atoms with E-state index >= 15 is 0 Å². The Balaban J connectivity index is 1.64. The molecule has 108 valence electrons. The minimum atomic E-state index is -0.608. The van der Waals surface area contributed by atoms with Crippen molar-refractivity contribution in [2.24, 2.45) is 5.41 Å². The Labute approximate surface area is 119 Å². The molecule has 1 aliphatic carbocycles. The first-order chi connectivity index (χ1) is 9.46. The number of hydrogen-bond acceptors (Lipinski definition) is 4. The van der Waals surface area contributed by atoms with Crippen LogP contribution in [0.25, 0.3) is 5.65 Å². The average molecular weight is 274 g/mol. The molecule has 3 rings (SSSR count). The summed E-state index contributed by atoms with van der Waals surface area (Å²) in [5, 5.41) is 18.0. The molecule has 5 nitrogen and oxygen atoms in total. The third-order valence-electron chi connectivity index (χ3n) is 4.39. The molecule has 0 aliphatic heterocycles. The molecule has 1 aliphatic rings. The number of nitrogens with zero attached hydrogens (tertiary/aromatic N) is 3. The number of rotatable bonds is 3. The van der Waals surface area contributed by atoms with Gasteiger partial charge in [0, 0.05) is 18.8 Å². The molecule has 1 fully saturated rings. The zero-order valence-corrected chi connectivity index (χ0v) is 12.1. The molecule has 20 heavy (non-hydrogen) atoms. The van der Waals surface area contributed by atoms with Gasteiger partial charge in [0.15, 0.2) is 5.65 Å². The van der Waals surface area contributed by atoms with Crippen LogP contribution in [0.2, 0.25) is 0 Å². The largest absolute Gasteiger partial charge is 0.388 e. The number of nitrogens with one attached hydrogen (secondary N) is 1. The van der Waals surface area contributed by atoms with Gasteiger partial charge >= 0.3 is 0 Å². The van der Waals surface area contributed by atoms with Gasteiger partial charge in [-0.15, -0.1) is 0 Å². The number of aromatic nitrogens is 3. The minimum absolute atomic E-state index is 0.362. The van der Waals surface area contributed by atoms with Crippen LogP contribution in [0.1, 0.15) is 39.5 Å². The summed E-state index contributed by atoms with van der Waals surface area (Å²) in [6.07, 6.45) is 7.44. The summed E-state index contributed by atoms with van der Waals surface area (Å²) >= 11 is 0. The van der Waals surface area contributed by atoms with Crippen molar-refractivity contribution >= 4 is 11.5 Å². The van der Waals surface area contributed by atoms with Gasteiger partial charge in [-0.2, -0.15) is 5.10 Å². The fraction of sp³-hybridized carbons (Fsp3) is 0.600. The van der Waals surface area contributed by atoms with Gasteiger partial charge in [-0.1, -0.05) is 13.8 Å². The molecule has 0 bridgehead atoms.